The lowest BCUT2D eigenvalue weighted by Crippen LogP contribution is -2.38. The number of nitrogens with zero attached hydrogens (tertiary/aromatic N) is 1. The molecule has 1 aliphatic heterocycles. The molecule has 2 rings (SSSR count). The first kappa shape index (κ1) is 14.4. The summed E-state index contributed by atoms with van der Waals surface area (Å²) in [5.41, 5.74) is 1.20. The van der Waals surface area contributed by atoms with Crippen LogP contribution in [0.3, 0.4) is 0 Å². The summed E-state index contributed by atoms with van der Waals surface area (Å²) in [5, 5.41) is 3.30. The molecule has 0 spiro atoms. The van der Waals surface area contributed by atoms with Crippen LogP contribution in [0.25, 0.3) is 0 Å². The summed E-state index contributed by atoms with van der Waals surface area (Å²) in [6, 6.07) is 8.45. The van der Waals surface area contributed by atoms with Crippen LogP contribution in [0.4, 0.5) is 0 Å². The van der Waals surface area contributed by atoms with Crippen molar-refractivity contribution in [3.8, 4) is 0 Å². The maximum Gasteiger partial charge on any atom is 0.225 e. The van der Waals surface area contributed by atoms with E-state index in [2.05, 4.69) is 35.8 Å². The zero-order chi connectivity index (χ0) is 13.7. The molecule has 1 amide bonds. The van der Waals surface area contributed by atoms with Gasteiger partial charge >= 0.3 is 0 Å². The normalized spacial score (nSPS) is 16.3. The summed E-state index contributed by atoms with van der Waals surface area (Å²) in [6.45, 7) is 2.64. The second kappa shape index (κ2) is 6.96. The Morgan fingerprint density at radius 3 is 2.53 bits per heavy atom. The Balaban J connectivity index is 1.91. The van der Waals surface area contributed by atoms with E-state index in [9.17, 15) is 4.79 Å². The van der Waals surface area contributed by atoms with Gasteiger partial charge in [0.05, 0.1) is 0 Å². The highest BCUT2D eigenvalue weighted by atomic mass is 32.2. The van der Waals surface area contributed by atoms with E-state index in [4.69, 9.17) is 0 Å². The van der Waals surface area contributed by atoms with Crippen LogP contribution in [0.15, 0.2) is 29.2 Å². The molecule has 19 heavy (non-hydrogen) atoms. The third-order valence-electron chi connectivity index (χ3n) is 3.64. The fourth-order valence-corrected chi connectivity index (χ4v) is 2.87. The molecule has 4 heteroatoms. The van der Waals surface area contributed by atoms with Crippen LogP contribution in [-0.4, -0.2) is 37.2 Å². The zero-order valence-corrected chi connectivity index (χ0v) is 12.5. The molecule has 0 aromatic heterocycles. The molecule has 3 nitrogen and oxygen atoms in total. The molecule has 1 aromatic carbocycles. The van der Waals surface area contributed by atoms with Gasteiger partial charge in [0.25, 0.3) is 0 Å². The Morgan fingerprint density at radius 2 is 1.95 bits per heavy atom. The van der Waals surface area contributed by atoms with Crippen LogP contribution in [0, 0.1) is 5.92 Å². The molecule has 0 atom stereocenters. The van der Waals surface area contributed by atoms with Gasteiger partial charge < -0.3 is 10.2 Å². The van der Waals surface area contributed by atoms with Crippen molar-refractivity contribution in [3.05, 3.63) is 29.8 Å². The monoisotopic (exact) mass is 278 g/mol. The third kappa shape index (κ3) is 3.98. The van der Waals surface area contributed by atoms with Gasteiger partial charge in [0.1, 0.15) is 0 Å². The van der Waals surface area contributed by atoms with Crippen molar-refractivity contribution in [2.45, 2.75) is 24.3 Å². The Kier molecular flexibility index (Phi) is 5.28. The number of benzene rings is 1. The standard InChI is InChI=1S/C15H22N2OS/c1-17(15(18)13-7-9-16-10-8-13)11-12-3-5-14(19-2)6-4-12/h3-6,13,16H,7-11H2,1-2H3. The van der Waals surface area contributed by atoms with Gasteiger partial charge in [-0.1, -0.05) is 12.1 Å². The van der Waals surface area contributed by atoms with Crippen LogP contribution in [0.2, 0.25) is 0 Å². The lowest BCUT2D eigenvalue weighted by molar-refractivity contribution is -0.135. The molecule has 104 valence electrons. The Hall–Kier alpha value is -1.00. The average molecular weight is 278 g/mol. The highest BCUT2D eigenvalue weighted by Crippen LogP contribution is 2.18. The number of carbonyl (C=O) groups excluding carboxylic acids is 1. The van der Waals surface area contributed by atoms with E-state index in [1.165, 1.54) is 10.5 Å². The highest BCUT2D eigenvalue weighted by molar-refractivity contribution is 7.98. The van der Waals surface area contributed by atoms with E-state index in [1.807, 2.05) is 11.9 Å². The van der Waals surface area contributed by atoms with Crippen molar-refractivity contribution in [3.63, 3.8) is 0 Å². The Morgan fingerprint density at radius 1 is 1.32 bits per heavy atom. The molecule has 0 bridgehead atoms. The number of hydrogen-bond acceptors (Lipinski definition) is 3. The van der Waals surface area contributed by atoms with Crippen LogP contribution >= 0.6 is 11.8 Å². The van der Waals surface area contributed by atoms with Crippen molar-refractivity contribution < 1.29 is 4.79 Å². The van der Waals surface area contributed by atoms with Gasteiger partial charge in [-0.05, 0) is 49.9 Å². The summed E-state index contributed by atoms with van der Waals surface area (Å²) in [7, 11) is 1.91. The lowest BCUT2D eigenvalue weighted by atomic mass is 9.96. The highest BCUT2D eigenvalue weighted by Gasteiger charge is 2.23. The topological polar surface area (TPSA) is 32.3 Å². The summed E-state index contributed by atoms with van der Waals surface area (Å²) >= 11 is 1.74. The molecule has 1 aliphatic rings. The first-order valence-corrected chi connectivity index (χ1v) is 8.02. The number of piperidine rings is 1. The second-order valence-electron chi connectivity index (χ2n) is 5.07. The van der Waals surface area contributed by atoms with Crippen LogP contribution in [0.5, 0.6) is 0 Å². The summed E-state index contributed by atoms with van der Waals surface area (Å²) in [4.78, 5) is 15.4. The molecule has 1 saturated heterocycles. The first-order valence-electron chi connectivity index (χ1n) is 6.79. The number of hydrogen-bond donors (Lipinski definition) is 1. The second-order valence-corrected chi connectivity index (χ2v) is 5.95. The molecule has 1 N–H and O–H groups in total. The average Bonchev–Trinajstić information content (AvgIpc) is 2.48. The maximum atomic E-state index is 12.3. The summed E-state index contributed by atoms with van der Waals surface area (Å²) in [6.07, 6.45) is 4.00. The van der Waals surface area contributed by atoms with Gasteiger partial charge in [-0.2, -0.15) is 0 Å². The molecule has 0 unspecified atom stereocenters. The predicted molar refractivity (Wildman–Crippen MR) is 80.3 cm³/mol. The van der Waals surface area contributed by atoms with E-state index >= 15 is 0 Å². The van der Waals surface area contributed by atoms with Gasteiger partial charge in [-0.25, -0.2) is 0 Å². The predicted octanol–water partition coefficient (Wildman–Crippen LogP) is 2.37. The third-order valence-corrected chi connectivity index (χ3v) is 4.39. The minimum Gasteiger partial charge on any atom is -0.341 e. The van der Waals surface area contributed by atoms with E-state index in [-0.39, 0.29) is 11.8 Å². The fourth-order valence-electron chi connectivity index (χ4n) is 2.46. The smallest absolute Gasteiger partial charge is 0.225 e. The van der Waals surface area contributed by atoms with Crippen LogP contribution in [0.1, 0.15) is 18.4 Å². The lowest BCUT2D eigenvalue weighted by Gasteiger charge is -2.27. The van der Waals surface area contributed by atoms with Crippen LogP contribution in [-0.2, 0) is 11.3 Å². The van der Waals surface area contributed by atoms with Crippen molar-refractivity contribution in [1.29, 1.82) is 0 Å². The molecular formula is C15H22N2OS. The van der Waals surface area contributed by atoms with E-state index in [0.29, 0.717) is 6.54 Å². The van der Waals surface area contributed by atoms with Gasteiger partial charge in [-0.3, -0.25) is 4.79 Å². The first-order chi connectivity index (χ1) is 9.20. The van der Waals surface area contributed by atoms with E-state index in [1.54, 1.807) is 11.8 Å². The zero-order valence-electron chi connectivity index (χ0n) is 11.7. The number of amides is 1. The maximum absolute atomic E-state index is 12.3. The van der Waals surface area contributed by atoms with Crippen molar-refractivity contribution in [2.75, 3.05) is 26.4 Å². The molecule has 1 aromatic rings. The van der Waals surface area contributed by atoms with Crippen molar-refractivity contribution >= 4 is 17.7 Å². The molecule has 1 fully saturated rings. The van der Waals surface area contributed by atoms with Crippen LogP contribution < -0.4 is 5.32 Å². The Bertz CT molecular complexity index is 413. The number of nitrogens with one attached hydrogen (secondary N) is 1. The molecule has 0 saturated carbocycles. The molecular weight excluding hydrogens is 256 g/mol. The molecule has 0 radical (unpaired) electrons. The number of thioether (sulfide) groups is 1. The Labute approximate surface area is 119 Å². The van der Waals surface area contributed by atoms with Crippen molar-refractivity contribution in [1.82, 2.24) is 10.2 Å². The van der Waals surface area contributed by atoms with Gasteiger partial charge in [0.2, 0.25) is 5.91 Å². The van der Waals surface area contributed by atoms with Gasteiger partial charge in [-0.15, -0.1) is 11.8 Å². The van der Waals surface area contributed by atoms with Gasteiger partial charge in [0, 0.05) is 24.4 Å². The van der Waals surface area contributed by atoms with E-state index in [0.717, 1.165) is 25.9 Å². The summed E-state index contributed by atoms with van der Waals surface area (Å²) < 4.78 is 0. The quantitative estimate of drug-likeness (QED) is 0.858. The SMILES string of the molecule is CSc1ccc(CN(C)C(=O)C2CCNCC2)cc1. The van der Waals surface area contributed by atoms with Crippen molar-refractivity contribution in [2.24, 2.45) is 5.92 Å². The fraction of sp³-hybridized carbons (Fsp3) is 0.533. The molecule has 1 heterocycles. The number of rotatable bonds is 4. The van der Waals surface area contributed by atoms with E-state index < -0.39 is 0 Å². The van der Waals surface area contributed by atoms with Gasteiger partial charge in [0.15, 0.2) is 0 Å². The molecule has 0 aliphatic carbocycles. The number of carbonyl (C=O) groups is 1. The largest absolute Gasteiger partial charge is 0.341 e. The summed E-state index contributed by atoms with van der Waals surface area (Å²) in [5.74, 6) is 0.493. The minimum atomic E-state index is 0.205. The minimum absolute atomic E-state index is 0.205.